The third-order valence-corrected chi connectivity index (χ3v) is 3.36. The molecule has 0 aliphatic heterocycles. The zero-order valence-electron chi connectivity index (χ0n) is 9.45. The molecule has 0 unspecified atom stereocenters. The molecule has 0 saturated heterocycles. The number of aliphatic hydroxyl groups excluding tert-OH is 2. The van der Waals surface area contributed by atoms with Gasteiger partial charge in [0.25, 0.3) is 5.91 Å². The van der Waals surface area contributed by atoms with Crippen molar-refractivity contribution >= 4 is 11.7 Å². The lowest BCUT2D eigenvalue weighted by atomic mass is 10.1. The lowest BCUT2D eigenvalue weighted by molar-refractivity contribution is 0.00943. The van der Waals surface area contributed by atoms with E-state index >= 15 is 0 Å². The van der Waals surface area contributed by atoms with E-state index in [1.165, 1.54) is 10.9 Å². The van der Waals surface area contributed by atoms with E-state index in [1.807, 2.05) is 6.92 Å². The first-order valence-corrected chi connectivity index (χ1v) is 5.41. The second kappa shape index (κ2) is 4.01. The quantitative estimate of drug-likeness (QED) is 0.520. The third kappa shape index (κ3) is 1.77. The number of amides is 1. The van der Waals surface area contributed by atoms with E-state index in [0.29, 0.717) is 6.42 Å². The minimum Gasteiger partial charge on any atom is -0.390 e. The van der Waals surface area contributed by atoms with Crippen LogP contribution in [0, 0.1) is 5.92 Å². The first-order valence-electron chi connectivity index (χ1n) is 5.41. The third-order valence-electron chi connectivity index (χ3n) is 3.36. The summed E-state index contributed by atoms with van der Waals surface area (Å²) < 4.78 is 1.50. The fraction of sp³-hybridized carbons (Fsp3) is 0.600. The molecule has 1 aromatic heterocycles. The Kier molecular flexibility index (Phi) is 2.80. The van der Waals surface area contributed by atoms with E-state index in [2.05, 4.69) is 4.98 Å². The summed E-state index contributed by atoms with van der Waals surface area (Å²) in [5, 5.41) is 19.6. The second-order valence-corrected chi connectivity index (χ2v) is 4.51. The number of primary amides is 1. The van der Waals surface area contributed by atoms with Gasteiger partial charge in [0.15, 0.2) is 5.69 Å². The highest BCUT2D eigenvalue weighted by molar-refractivity contribution is 5.95. The monoisotopic (exact) mass is 240 g/mol. The predicted octanol–water partition coefficient (Wildman–Crippen LogP) is -1.13. The van der Waals surface area contributed by atoms with Gasteiger partial charge in [0.05, 0.1) is 18.5 Å². The summed E-state index contributed by atoms with van der Waals surface area (Å²) in [6.07, 6.45) is 0.232. The Morgan fingerprint density at radius 1 is 1.53 bits per heavy atom. The molecule has 1 aliphatic rings. The first-order chi connectivity index (χ1) is 7.93. The van der Waals surface area contributed by atoms with Gasteiger partial charge >= 0.3 is 0 Å². The van der Waals surface area contributed by atoms with Crippen LogP contribution in [0.5, 0.6) is 0 Å². The van der Waals surface area contributed by atoms with E-state index in [4.69, 9.17) is 11.5 Å². The minimum atomic E-state index is -0.915. The molecule has 94 valence electrons. The molecule has 7 heteroatoms. The maximum absolute atomic E-state index is 11.0. The largest absolute Gasteiger partial charge is 0.390 e. The summed E-state index contributed by atoms with van der Waals surface area (Å²) >= 11 is 0. The van der Waals surface area contributed by atoms with Gasteiger partial charge in [0.2, 0.25) is 0 Å². The van der Waals surface area contributed by atoms with Crippen molar-refractivity contribution in [2.75, 3.05) is 5.73 Å². The molecule has 0 spiro atoms. The molecule has 1 fully saturated rings. The van der Waals surface area contributed by atoms with Crippen molar-refractivity contribution in [2.45, 2.75) is 31.6 Å². The van der Waals surface area contributed by atoms with Crippen LogP contribution in [-0.2, 0) is 0 Å². The molecule has 17 heavy (non-hydrogen) atoms. The highest BCUT2D eigenvalue weighted by atomic mass is 16.3. The lowest BCUT2D eigenvalue weighted by Gasteiger charge is -2.18. The number of nitrogens with zero attached hydrogens (tertiary/aromatic N) is 2. The number of anilines is 1. The van der Waals surface area contributed by atoms with Crippen molar-refractivity contribution in [2.24, 2.45) is 11.7 Å². The molecule has 1 aromatic rings. The molecule has 0 aromatic carbocycles. The number of nitrogens with two attached hydrogens (primary N) is 2. The van der Waals surface area contributed by atoms with Gasteiger partial charge in [-0.2, -0.15) is 0 Å². The van der Waals surface area contributed by atoms with E-state index in [1.54, 1.807) is 0 Å². The summed E-state index contributed by atoms with van der Waals surface area (Å²) in [6.45, 7) is 1.84. The van der Waals surface area contributed by atoms with E-state index in [0.717, 1.165) is 0 Å². The zero-order chi connectivity index (χ0) is 12.7. The number of carbonyl (C=O) groups excluding carboxylic acids is 1. The summed E-state index contributed by atoms with van der Waals surface area (Å²) in [4.78, 5) is 14.8. The van der Waals surface area contributed by atoms with Gasteiger partial charge in [0.1, 0.15) is 11.9 Å². The van der Waals surface area contributed by atoms with Crippen LogP contribution in [-0.4, -0.2) is 37.9 Å². The highest BCUT2D eigenvalue weighted by Crippen LogP contribution is 2.36. The number of hydrogen-bond acceptors (Lipinski definition) is 5. The maximum Gasteiger partial charge on any atom is 0.271 e. The smallest absolute Gasteiger partial charge is 0.271 e. The molecular formula is C10H16N4O3. The van der Waals surface area contributed by atoms with Crippen LogP contribution in [0.1, 0.15) is 29.9 Å². The van der Waals surface area contributed by atoms with Crippen molar-refractivity contribution < 1.29 is 15.0 Å². The molecule has 1 amide bonds. The number of aromatic nitrogens is 2. The Balaban J connectivity index is 2.33. The Morgan fingerprint density at radius 3 is 2.59 bits per heavy atom. The molecule has 1 saturated carbocycles. The summed E-state index contributed by atoms with van der Waals surface area (Å²) in [5.74, 6) is -0.612. The van der Waals surface area contributed by atoms with Crippen LogP contribution in [0.4, 0.5) is 5.82 Å². The Hall–Kier alpha value is -1.60. The predicted molar refractivity (Wildman–Crippen MR) is 60.0 cm³/mol. The van der Waals surface area contributed by atoms with Gasteiger partial charge in [-0.25, -0.2) is 4.98 Å². The van der Waals surface area contributed by atoms with Crippen LogP contribution in [0.2, 0.25) is 0 Å². The normalized spacial score (nSPS) is 32.9. The Bertz CT molecular complexity index is 445. The van der Waals surface area contributed by atoms with Gasteiger partial charge in [-0.05, 0) is 12.3 Å². The van der Waals surface area contributed by atoms with Crippen molar-refractivity contribution in [1.29, 1.82) is 0 Å². The number of carbonyl (C=O) groups is 1. The van der Waals surface area contributed by atoms with Gasteiger partial charge in [-0.15, -0.1) is 0 Å². The average Bonchev–Trinajstić information content (AvgIpc) is 2.75. The van der Waals surface area contributed by atoms with Gasteiger partial charge in [-0.1, -0.05) is 6.92 Å². The molecule has 1 heterocycles. The lowest BCUT2D eigenvalue weighted by Crippen LogP contribution is -2.29. The number of aliphatic hydroxyl groups is 2. The van der Waals surface area contributed by atoms with Crippen molar-refractivity contribution in [3.8, 4) is 0 Å². The SMILES string of the molecule is C[C@@H]1C[C@@H](n2cnc(C(N)=O)c2N)[C@H](O)[C@H]1O. The number of hydrogen-bond donors (Lipinski definition) is 4. The van der Waals surface area contributed by atoms with Crippen LogP contribution >= 0.6 is 0 Å². The summed E-state index contributed by atoms with van der Waals surface area (Å²) in [6, 6.07) is -0.374. The van der Waals surface area contributed by atoms with Crippen LogP contribution in [0.3, 0.4) is 0 Å². The summed E-state index contributed by atoms with van der Waals surface area (Å²) in [7, 11) is 0. The molecular weight excluding hydrogens is 224 g/mol. The van der Waals surface area contributed by atoms with Crippen molar-refractivity contribution in [1.82, 2.24) is 9.55 Å². The van der Waals surface area contributed by atoms with Crippen molar-refractivity contribution in [3.63, 3.8) is 0 Å². The Labute approximate surface area is 98.0 Å². The Morgan fingerprint density at radius 2 is 2.18 bits per heavy atom. The van der Waals surface area contributed by atoms with E-state index < -0.39 is 18.1 Å². The molecule has 7 nitrogen and oxygen atoms in total. The maximum atomic E-state index is 11.0. The summed E-state index contributed by atoms with van der Waals surface area (Å²) in [5.41, 5.74) is 10.8. The molecule has 0 bridgehead atoms. The van der Waals surface area contributed by atoms with Crippen molar-refractivity contribution in [3.05, 3.63) is 12.0 Å². The second-order valence-electron chi connectivity index (χ2n) is 4.51. The fourth-order valence-electron chi connectivity index (χ4n) is 2.33. The fourth-order valence-corrected chi connectivity index (χ4v) is 2.33. The van der Waals surface area contributed by atoms with Gasteiger partial charge < -0.3 is 26.2 Å². The minimum absolute atomic E-state index is 0.00811. The van der Waals surface area contributed by atoms with Crippen LogP contribution < -0.4 is 11.5 Å². The number of rotatable bonds is 2. The number of nitrogen functional groups attached to an aromatic ring is 1. The molecule has 1 aliphatic carbocycles. The average molecular weight is 240 g/mol. The highest BCUT2D eigenvalue weighted by Gasteiger charge is 2.40. The van der Waals surface area contributed by atoms with E-state index in [-0.39, 0.29) is 23.5 Å². The first kappa shape index (κ1) is 11.9. The zero-order valence-corrected chi connectivity index (χ0v) is 9.45. The molecule has 2 rings (SSSR count). The van der Waals surface area contributed by atoms with Gasteiger partial charge in [0, 0.05) is 0 Å². The van der Waals surface area contributed by atoms with E-state index in [9.17, 15) is 15.0 Å². The van der Waals surface area contributed by atoms with Crippen LogP contribution in [0.25, 0.3) is 0 Å². The molecule has 4 atom stereocenters. The number of imidazole rings is 1. The topological polar surface area (TPSA) is 127 Å². The molecule has 6 N–H and O–H groups in total. The standard InChI is InChI=1S/C10H16N4O3/c1-4-2-5(8(16)7(4)15)14-3-13-6(9(14)11)10(12)17/h3-5,7-8,15-16H,2,11H2,1H3,(H2,12,17)/t4-,5-,7+,8+/m1/s1. The van der Waals surface area contributed by atoms with Crippen LogP contribution in [0.15, 0.2) is 6.33 Å². The van der Waals surface area contributed by atoms with Gasteiger partial charge in [-0.3, -0.25) is 4.79 Å². The molecule has 0 radical (unpaired) electrons.